The van der Waals surface area contributed by atoms with Gasteiger partial charge in [0.15, 0.2) is 0 Å². The van der Waals surface area contributed by atoms with Gasteiger partial charge in [-0.3, -0.25) is 9.59 Å². The summed E-state index contributed by atoms with van der Waals surface area (Å²) >= 11 is 0. The highest BCUT2D eigenvalue weighted by Crippen LogP contribution is 2.16. The molecule has 16 heavy (non-hydrogen) atoms. The van der Waals surface area contributed by atoms with Crippen LogP contribution in [0.1, 0.15) is 12.5 Å². The molecule has 1 aromatic rings. The number of hydrogen-bond acceptors (Lipinski definition) is 2. The normalized spacial score (nSPS) is 10.8. The Morgan fingerprint density at radius 1 is 1.31 bits per heavy atom. The number of benzene rings is 1. The lowest BCUT2D eigenvalue weighted by molar-refractivity contribution is -0.112. The molecule has 0 heterocycles. The molecular formula is C13H13NO2. The first kappa shape index (κ1) is 11.9. The number of nitrogens with one attached hydrogen (secondary N) is 1. The molecule has 1 rings (SSSR count). The molecule has 0 unspecified atom stereocenters. The minimum Gasteiger partial charge on any atom is -0.322 e. The van der Waals surface area contributed by atoms with Gasteiger partial charge in [0, 0.05) is 5.69 Å². The van der Waals surface area contributed by atoms with Crippen LogP contribution in [0.2, 0.25) is 0 Å². The number of hydrogen-bond donors (Lipinski definition) is 1. The first-order valence-corrected chi connectivity index (χ1v) is 4.92. The molecular weight excluding hydrogens is 202 g/mol. The van der Waals surface area contributed by atoms with Gasteiger partial charge in [0.05, 0.1) is 0 Å². The van der Waals surface area contributed by atoms with Crippen LogP contribution in [-0.2, 0) is 9.59 Å². The second-order valence-electron chi connectivity index (χ2n) is 3.07. The van der Waals surface area contributed by atoms with Gasteiger partial charge >= 0.3 is 0 Å². The summed E-state index contributed by atoms with van der Waals surface area (Å²) in [5.74, 6) is -0.186. The number of anilines is 1. The van der Waals surface area contributed by atoms with Crippen molar-refractivity contribution >= 4 is 24.0 Å². The molecule has 0 spiro atoms. The number of rotatable bonds is 4. The van der Waals surface area contributed by atoms with Crippen molar-refractivity contribution in [1.82, 2.24) is 0 Å². The van der Waals surface area contributed by atoms with E-state index in [1.165, 1.54) is 12.2 Å². The summed E-state index contributed by atoms with van der Waals surface area (Å²) in [6, 6.07) is 7.27. The summed E-state index contributed by atoms with van der Waals surface area (Å²) in [5.41, 5.74) is 1.48. The van der Waals surface area contributed by atoms with E-state index in [1.807, 2.05) is 18.2 Å². The van der Waals surface area contributed by atoms with E-state index in [1.54, 1.807) is 25.1 Å². The third-order valence-corrected chi connectivity index (χ3v) is 1.89. The van der Waals surface area contributed by atoms with Crippen molar-refractivity contribution in [2.24, 2.45) is 0 Å². The zero-order chi connectivity index (χ0) is 11.8. The first-order chi connectivity index (χ1) is 7.77. The Hall–Kier alpha value is -2.16. The zero-order valence-electron chi connectivity index (χ0n) is 9.01. The van der Waals surface area contributed by atoms with Gasteiger partial charge in [-0.2, -0.15) is 0 Å². The molecule has 0 aromatic heterocycles. The molecule has 0 saturated heterocycles. The SMILES string of the molecule is C/C=C/C(=O)Nc1ccccc1/C=C/C=O. The van der Waals surface area contributed by atoms with E-state index >= 15 is 0 Å². The van der Waals surface area contributed by atoms with Crippen LogP contribution in [0.3, 0.4) is 0 Å². The van der Waals surface area contributed by atoms with E-state index < -0.39 is 0 Å². The Labute approximate surface area is 94.5 Å². The average molecular weight is 215 g/mol. The second kappa shape index (κ2) is 6.35. The predicted octanol–water partition coefficient (Wildman–Crippen LogP) is 2.41. The van der Waals surface area contributed by atoms with E-state index in [0.717, 1.165) is 5.56 Å². The number of carbonyl (C=O) groups excluding carboxylic acids is 2. The van der Waals surface area contributed by atoms with Gasteiger partial charge in [0.2, 0.25) is 5.91 Å². The fraction of sp³-hybridized carbons (Fsp3) is 0.0769. The summed E-state index contributed by atoms with van der Waals surface area (Å²) in [6.07, 6.45) is 6.85. The highest BCUT2D eigenvalue weighted by Gasteiger charge is 2.00. The van der Waals surface area contributed by atoms with E-state index in [-0.39, 0.29) is 5.91 Å². The van der Waals surface area contributed by atoms with Crippen LogP contribution >= 0.6 is 0 Å². The molecule has 0 saturated carbocycles. The summed E-state index contributed by atoms with van der Waals surface area (Å²) in [6.45, 7) is 1.78. The lowest BCUT2D eigenvalue weighted by Gasteiger charge is -2.05. The van der Waals surface area contributed by atoms with Gasteiger partial charge in [0.1, 0.15) is 6.29 Å². The van der Waals surface area contributed by atoms with E-state index in [4.69, 9.17) is 0 Å². The third kappa shape index (κ3) is 3.53. The summed E-state index contributed by atoms with van der Waals surface area (Å²) in [5, 5.41) is 2.73. The molecule has 0 atom stereocenters. The van der Waals surface area contributed by atoms with E-state index in [2.05, 4.69) is 5.32 Å². The highest BCUT2D eigenvalue weighted by atomic mass is 16.1. The van der Waals surface area contributed by atoms with Gasteiger partial charge in [-0.05, 0) is 36.8 Å². The quantitative estimate of drug-likeness (QED) is 0.619. The van der Waals surface area contributed by atoms with E-state index in [0.29, 0.717) is 12.0 Å². The predicted molar refractivity (Wildman–Crippen MR) is 65.0 cm³/mol. The molecule has 1 aromatic carbocycles. The molecule has 3 nitrogen and oxygen atoms in total. The molecule has 82 valence electrons. The van der Waals surface area contributed by atoms with Crippen LogP contribution in [-0.4, -0.2) is 12.2 Å². The maximum Gasteiger partial charge on any atom is 0.248 e. The number of para-hydroxylation sites is 1. The Kier molecular flexibility index (Phi) is 4.73. The molecule has 0 aliphatic carbocycles. The van der Waals surface area contributed by atoms with Crippen LogP contribution in [0.25, 0.3) is 6.08 Å². The monoisotopic (exact) mass is 215 g/mol. The fourth-order valence-corrected chi connectivity index (χ4v) is 1.22. The molecule has 0 radical (unpaired) electrons. The zero-order valence-corrected chi connectivity index (χ0v) is 9.01. The molecule has 1 amide bonds. The number of allylic oxidation sites excluding steroid dienone is 2. The largest absolute Gasteiger partial charge is 0.322 e. The van der Waals surface area contributed by atoms with Crippen molar-refractivity contribution in [2.45, 2.75) is 6.92 Å². The number of amides is 1. The van der Waals surface area contributed by atoms with Crippen molar-refractivity contribution in [3.8, 4) is 0 Å². The van der Waals surface area contributed by atoms with Gasteiger partial charge in [-0.15, -0.1) is 0 Å². The van der Waals surface area contributed by atoms with Crippen molar-refractivity contribution in [3.05, 3.63) is 48.1 Å². The summed E-state index contributed by atoms with van der Waals surface area (Å²) in [7, 11) is 0. The molecule has 1 N–H and O–H groups in total. The minimum atomic E-state index is -0.186. The maximum atomic E-state index is 11.3. The summed E-state index contributed by atoms with van der Waals surface area (Å²) < 4.78 is 0. The van der Waals surface area contributed by atoms with Crippen LogP contribution in [0.4, 0.5) is 5.69 Å². The van der Waals surface area contributed by atoms with Crippen LogP contribution in [0.15, 0.2) is 42.5 Å². The number of aldehydes is 1. The Balaban J connectivity index is 2.90. The maximum absolute atomic E-state index is 11.3. The van der Waals surface area contributed by atoms with Crippen molar-refractivity contribution in [2.75, 3.05) is 5.32 Å². The highest BCUT2D eigenvalue weighted by molar-refractivity contribution is 6.00. The number of carbonyl (C=O) groups is 2. The molecule has 0 aliphatic heterocycles. The van der Waals surface area contributed by atoms with Gasteiger partial charge in [-0.25, -0.2) is 0 Å². The summed E-state index contributed by atoms with van der Waals surface area (Å²) in [4.78, 5) is 21.6. The Morgan fingerprint density at radius 3 is 2.75 bits per heavy atom. The van der Waals surface area contributed by atoms with Gasteiger partial charge in [0.25, 0.3) is 0 Å². The van der Waals surface area contributed by atoms with Gasteiger partial charge < -0.3 is 5.32 Å². The topological polar surface area (TPSA) is 46.2 Å². The van der Waals surface area contributed by atoms with E-state index in [9.17, 15) is 9.59 Å². The van der Waals surface area contributed by atoms with Crippen molar-refractivity contribution in [3.63, 3.8) is 0 Å². The fourth-order valence-electron chi connectivity index (χ4n) is 1.22. The van der Waals surface area contributed by atoms with Crippen LogP contribution in [0, 0.1) is 0 Å². The lowest BCUT2D eigenvalue weighted by Crippen LogP contribution is -2.08. The third-order valence-electron chi connectivity index (χ3n) is 1.89. The lowest BCUT2D eigenvalue weighted by atomic mass is 10.1. The standard InChI is InChI=1S/C13H13NO2/c1-2-6-13(16)14-12-9-4-3-7-11(12)8-5-10-15/h2-10H,1H3,(H,14,16)/b6-2+,8-5+. The average Bonchev–Trinajstić information content (AvgIpc) is 2.28. The smallest absolute Gasteiger partial charge is 0.248 e. The van der Waals surface area contributed by atoms with Crippen LogP contribution in [0.5, 0.6) is 0 Å². The second-order valence-corrected chi connectivity index (χ2v) is 3.07. The Bertz CT molecular complexity index is 433. The molecule has 0 bridgehead atoms. The van der Waals surface area contributed by atoms with Gasteiger partial charge in [-0.1, -0.05) is 24.3 Å². The van der Waals surface area contributed by atoms with Crippen molar-refractivity contribution < 1.29 is 9.59 Å². The Morgan fingerprint density at radius 2 is 2.06 bits per heavy atom. The first-order valence-electron chi connectivity index (χ1n) is 4.92. The molecule has 0 aliphatic rings. The molecule has 0 fully saturated rings. The van der Waals surface area contributed by atoms with Crippen molar-refractivity contribution in [1.29, 1.82) is 0 Å². The minimum absolute atomic E-state index is 0.186. The molecule has 3 heteroatoms. The van der Waals surface area contributed by atoms with Crippen LogP contribution < -0.4 is 5.32 Å².